The van der Waals surface area contributed by atoms with Gasteiger partial charge >= 0.3 is 0 Å². The molecule has 0 aliphatic rings. The summed E-state index contributed by atoms with van der Waals surface area (Å²) in [6.07, 6.45) is 6.57. The van der Waals surface area contributed by atoms with Gasteiger partial charge in [-0.1, -0.05) is 50.2 Å². The van der Waals surface area contributed by atoms with E-state index in [9.17, 15) is 0 Å². The lowest BCUT2D eigenvalue weighted by molar-refractivity contribution is 0.486. The maximum absolute atomic E-state index is 3.46. The summed E-state index contributed by atoms with van der Waals surface area (Å²) in [6.45, 7) is 4.60. The molecule has 0 bridgehead atoms. The summed E-state index contributed by atoms with van der Waals surface area (Å²) in [4.78, 5) is 6.92. The average Bonchev–Trinajstić information content (AvgIpc) is 3.23. The van der Waals surface area contributed by atoms with Crippen molar-refractivity contribution in [1.29, 1.82) is 0 Å². The van der Waals surface area contributed by atoms with Gasteiger partial charge in [0.05, 0.1) is 0 Å². The monoisotopic (exact) mass is 302 g/mol. The smallest absolute Gasteiger partial charge is 0.0457 e. The van der Waals surface area contributed by atoms with Crippen molar-refractivity contribution in [3.8, 4) is 0 Å². The highest BCUT2D eigenvalue weighted by Gasteiger charge is 2.34. The molecule has 2 nitrogen and oxygen atoms in total. The van der Waals surface area contributed by atoms with Crippen LogP contribution in [0.4, 0.5) is 0 Å². The maximum atomic E-state index is 3.46. The second-order valence-corrected chi connectivity index (χ2v) is 6.29. The number of nitrogens with one attached hydrogen (secondary N) is 2. The molecule has 23 heavy (non-hydrogen) atoms. The summed E-state index contributed by atoms with van der Waals surface area (Å²) >= 11 is 0. The Labute approximate surface area is 136 Å². The van der Waals surface area contributed by atoms with Gasteiger partial charge in [0, 0.05) is 39.6 Å². The maximum Gasteiger partial charge on any atom is 0.0457 e. The largest absolute Gasteiger partial charge is 0.361 e. The Morgan fingerprint density at radius 2 is 1.13 bits per heavy atom. The first-order valence-corrected chi connectivity index (χ1v) is 8.43. The third kappa shape index (κ3) is 1.94. The van der Waals surface area contributed by atoms with Crippen molar-refractivity contribution >= 4 is 21.8 Å². The first-order chi connectivity index (χ1) is 11.3. The van der Waals surface area contributed by atoms with E-state index in [4.69, 9.17) is 0 Å². The number of para-hydroxylation sites is 2. The van der Waals surface area contributed by atoms with Crippen LogP contribution in [-0.2, 0) is 5.41 Å². The predicted molar refractivity (Wildman–Crippen MR) is 98.0 cm³/mol. The van der Waals surface area contributed by atoms with Crippen LogP contribution in [0.25, 0.3) is 21.8 Å². The van der Waals surface area contributed by atoms with Crippen LogP contribution < -0.4 is 0 Å². The molecular formula is C21H22N2. The van der Waals surface area contributed by atoms with Crippen LogP contribution in [0.3, 0.4) is 0 Å². The minimum atomic E-state index is 0.0270. The second-order valence-electron chi connectivity index (χ2n) is 6.29. The van der Waals surface area contributed by atoms with Gasteiger partial charge in [-0.3, -0.25) is 0 Å². The molecular weight excluding hydrogens is 280 g/mol. The van der Waals surface area contributed by atoms with Crippen LogP contribution in [-0.4, -0.2) is 9.97 Å². The van der Waals surface area contributed by atoms with E-state index in [0.717, 1.165) is 12.8 Å². The Bertz CT molecular complexity index is 878. The van der Waals surface area contributed by atoms with Crippen molar-refractivity contribution in [2.45, 2.75) is 32.1 Å². The highest BCUT2D eigenvalue weighted by molar-refractivity contribution is 5.89. The molecule has 0 fully saturated rings. The number of rotatable bonds is 4. The molecule has 0 saturated heterocycles. The topological polar surface area (TPSA) is 31.6 Å². The number of aromatic amines is 2. The van der Waals surface area contributed by atoms with E-state index in [1.165, 1.54) is 32.9 Å². The van der Waals surface area contributed by atoms with Gasteiger partial charge < -0.3 is 9.97 Å². The van der Waals surface area contributed by atoms with E-state index in [0.29, 0.717) is 0 Å². The minimum Gasteiger partial charge on any atom is -0.361 e. The van der Waals surface area contributed by atoms with Crippen molar-refractivity contribution in [1.82, 2.24) is 9.97 Å². The number of aromatic nitrogens is 2. The number of benzene rings is 2. The van der Waals surface area contributed by atoms with Crippen molar-refractivity contribution in [3.63, 3.8) is 0 Å². The van der Waals surface area contributed by atoms with Crippen LogP contribution >= 0.6 is 0 Å². The van der Waals surface area contributed by atoms with Gasteiger partial charge in [-0.2, -0.15) is 0 Å². The van der Waals surface area contributed by atoms with Crippen LogP contribution in [0.5, 0.6) is 0 Å². The normalized spacial score (nSPS) is 12.3. The standard InChI is InChI=1S/C21H22N2/c1-3-21(4-2,17-13-22-19-11-7-5-9-15(17)19)18-14-23-20-12-8-6-10-16(18)20/h5-14,22-23H,3-4H2,1-2H3. The fourth-order valence-electron chi connectivity index (χ4n) is 4.09. The Kier molecular flexibility index (Phi) is 3.26. The zero-order valence-electron chi connectivity index (χ0n) is 13.7. The molecule has 0 saturated carbocycles. The summed E-state index contributed by atoms with van der Waals surface area (Å²) < 4.78 is 0. The number of H-pyrrole nitrogens is 2. The molecule has 0 spiro atoms. The molecule has 2 heteroatoms. The van der Waals surface area contributed by atoms with E-state index in [1.807, 2.05) is 0 Å². The number of hydrogen-bond donors (Lipinski definition) is 2. The van der Waals surface area contributed by atoms with Crippen LogP contribution in [0.15, 0.2) is 60.9 Å². The van der Waals surface area contributed by atoms with Gasteiger partial charge in [0.2, 0.25) is 0 Å². The third-order valence-electron chi connectivity index (χ3n) is 5.42. The summed E-state index contributed by atoms with van der Waals surface area (Å²) in [5.41, 5.74) is 5.27. The molecule has 0 radical (unpaired) electrons. The van der Waals surface area contributed by atoms with E-state index in [1.54, 1.807) is 0 Å². The lowest BCUT2D eigenvalue weighted by Gasteiger charge is -2.32. The summed E-state index contributed by atoms with van der Waals surface area (Å²) in [6, 6.07) is 17.2. The molecule has 2 heterocycles. The predicted octanol–water partition coefficient (Wildman–Crippen LogP) is 5.76. The van der Waals surface area contributed by atoms with Crippen molar-refractivity contribution in [2.75, 3.05) is 0 Å². The molecule has 4 aromatic rings. The molecule has 0 atom stereocenters. The van der Waals surface area contributed by atoms with Crippen molar-refractivity contribution < 1.29 is 0 Å². The molecule has 0 aliphatic carbocycles. The fraction of sp³-hybridized carbons (Fsp3) is 0.238. The van der Waals surface area contributed by atoms with Gasteiger partial charge in [0.15, 0.2) is 0 Å². The first kappa shape index (κ1) is 14.1. The molecule has 0 aliphatic heterocycles. The molecule has 0 unspecified atom stereocenters. The summed E-state index contributed by atoms with van der Waals surface area (Å²) in [7, 11) is 0. The molecule has 2 aromatic heterocycles. The third-order valence-corrected chi connectivity index (χ3v) is 5.42. The highest BCUT2D eigenvalue weighted by atomic mass is 14.7. The summed E-state index contributed by atoms with van der Waals surface area (Å²) in [5.74, 6) is 0. The van der Waals surface area contributed by atoms with Crippen LogP contribution in [0.1, 0.15) is 37.8 Å². The van der Waals surface area contributed by atoms with Gasteiger partial charge in [-0.05, 0) is 36.1 Å². The Hall–Kier alpha value is -2.48. The van der Waals surface area contributed by atoms with Gasteiger partial charge in [-0.25, -0.2) is 0 Å². The number of hydrogen-bond acceptors (Lipinski definition) is 0. The summed E-state index contributed by atoms with van der Waals surface area (Å²) in [5, 5.41) is 2.67. The second kappa shape index (κ2) is 5.31. The zero-order valence-corrected chi connectivity index (χ0v) is 13.7. The lowest BCUT2D eigenvalue weighted by Crippen LogP contribution is -2.25. The van der Waals surface area contributed by atoms with Gasteiger partial charge in [-0.15, -0.1) is 0 Å². The SMILES string of the molecule is CCC(CC)(c1c[nH]c2ccccc12)c1c[nH]c2ccccc12. The Morgan fingerprint density at radius 1 is 0.696 bits per heavy atom. The quantitative estimate of drug-likeness (QED) is 0.480. The lowest BCUT2D eigenvalue weighted by atomic mass is 9.70. The Balaban J connectivity index is 2.03. The van der Waals surface area contributed by atoms with Crippen LogP contribution in [0, 0.1) is 0 Å². The van der Waals surface area contributed by atoms with E-state index in [-0.39, 0.29) is 5.41 Å². The van der Waals surface area contributed by atoms with Gasteiger partial charge in [0.1, 0.15) is 0 Å². The molecule has 4 rings (SSSR count). The molecule has 2 N–H and O–H groups in total. The number of fused-ring (bicyclic) bond motifs is 2. The van der Waals surface area contributed by atoms with Crippen molar-refractivity contribution in [2.24, 2.45) is 0 Å². The molecule has 116 valence electrons. The van der Waals surface area contributed by atoms with Crippen LogP contribution in [0.2, 0.25) is 0 Å². The van der Waals surface area contributed by atoms with E-state index >= 15 is 0 Å². The van der Waals surface area contributed by atoms with Gasteiger partial charge in [0.25, 0.3) is 0 Å². The van der Waals surface area contributed by atoms with Crippen molar-refractivity contribution in [3.05, 3.63) is 72.1 Å². The molecule has 2 aromatic carbocycles. The zero-order chi connectivity index (χ0) is 15.9. The Morgan fingerprint density at radius 3 is 1.57 bits per heavy atom. The van der Waals surface area contributed by atoms with E-state index < -0.39 is 0 Å². The van der Waals surface area contributed by atoms with E-state index in [2.05, 4.69) is 84.7 Å². The fourth-order valence-corrected chi connectivity index (χ4v) is 4.09. The first-order valence-electron chi connectivity index (χ1n) is 8.43. The highest BCUT2D eigenvalue weighted by Crippen LogP contribution is 2.44. The molecule has 0 amide bonds. The minimum absolute atomic E-state index is 0.0270. The average molecular weight is 302 g/mol.